The van der Waals surface area contributed by atoms with Crippen LogP contribution in [0.4, 0.5) is 10.1 Å². The van der Waals surface area contributed by atoms with E-state index in [1.54, 1.807) is 12.1 Å². The number of aliphatic carboxylic acids is 1. The van der Waals surface area contributed by atoms with Crippen LogP contribution in [0.2, 0.25) is 5.02 Å². The first-order valence-electron chi connectivity index (χ1n) is 12.3. The van der Waals surface area contributed by atoms with Crippen molar-refractivity contribution < 1.29 is 19.1 Å². The van der Waals surface area contributed by atoms with Crippen molar-refractivity contribution >= 4 is 29.2 Å². The molecule has 178 valence electrons. The summed E-state index contributed by atoms with van der Waals surface area (Å²) in [7, 11) is 0. The van der Waals surface area contributed by atoms with Crippen LogP contribution in [0.1, 0.15) is 67.6 Å². The minimum Gasteiger partial charge on any atom is -0.480 e. The van der Waals surface area contributed by atoms with E-state index in [4.69, 9.17) is 11.6 Å². The van der Waals surface area contributed by atoms with Crippen LogP contribution < -0.4 is 10.6 Å². The first-order chi connectivity index (χ1) is 16.4. The van der Waals surface area contributed by atoms with Crippen molar-refractivity contribution in [1.29, 1.82) is 0 Å². The molecule has 0 aromatic heterocycles. The van der Waals surface area contributed by atoms with Crippen LogP contribution in [0.3, 0.4) is 0 Å². The van der Waals surface area contributed by atoms with Crippen LogP contribution in [0.5, 0.6) is 0 Å². The van der Waals surface area contributed by atoms with E-state index in [2.05, 4.69) is 16.7 Å². The standard InChI is InChI=1S/C27H28ClFN2O3/c28-19-6-4-5-17(22(19)29)21-23(24(32)33)31-26(11-2-1-3-12-26)27(21)18-10-9-16(13-15-7-8-15)14-20(18)30-25(27)34/h4-6,9-10,14-15,21,23,31H,1-3,7-8,11-13H2,(H,30,34)(H,32,33)/t21-,23+,27+/m0/s1. The van der Waals surface area contributed by atoms with E-state index in [9.17, 15) is 14.7 Å². The Morgan fingerprint density at radius 2 is 1.91 bits per heavy atom. The van der Waals surface area contributed by atoms with E-state index >= 15 is 4.39 Å². The van der Waals surface area contributed by atoms with Gasteiger partial charge in [0.1, 0.15) is 17.3 Å². The van der Waals surface area contributed by atoms with E-state index in [-0.39, 0.29) is 16.5 Å². The molecule has 1 amide bonds. The molecule has 4 aliphatic rings. The number of nitrogens with one attached hydrogen (secondary N) is 2. The van der Waals surface area contributed by atoms with Gasteiger partial charge in [-0.2, -0.15) is 0 Å². The van der Waals surface area contributed by atoms with Gasteiger partial charge in [-0.1, -0.05) is 55.1 Å². The third-order valence-corrected chi connectivity index (χ3v) is 8.90. The van der Waals surface area contributed by atoms with Gasteiger partial charge in [0.05, 0.1) is 5.02 Å². The summed E-state index contributed by atoms with van der Waals surface area (Å²) in [6, 6.07) is 9.64. The number of hydrogen-bond donors (Lipinski definition) is 3. The van der Waals surface area contributed by atoms with Crippen LogP contribution in [-0.2, 0) is 21.4 Å². The van der Waals surface area contributed by atoms with E-state index in [0.29, 0.717) is 18.8 Å². The number of carboxylic acids is 1. The second kappa shape index (κ2) is 7.79. The molecule has 2 saturated carbocycles. The van der Waals surface area contributed by atoms with E-state index < -0.39 is 34.7 Å². The maximum atomic E-state index is 15.5. The first-order valence-corrected chi connectivity index (χ1v) is 12.6. The number of benzene rings is 2. The van der Waals surface area contributed by atoms with Crippen LogP contribution in [0, 0.1) is 11.7 Å². The largest absolute Gasteiger partial charge is 0.480 e. The summed E-state index contributed by atoms with van der Waals surface area (Å²) in [5.74, 6) is -2.21. The summed E-state index contributed by atoms with van der Waals surface area (Å²) in [5.41, 5.74) is 0.839. The van der Waals surface area contributed by atoms with Crippen LogP contribution in [0.15, 0.2) is 36.4 Å². The molecule has 5 nitrogen and oxygen atoms in total. The quantitative estimate of drug-likeness (QED) is 0.562. The predicted octanol–water partition coefficient (Wildman–Crippen LogP) is 5.16. The number of carboxylic acid groups (broad SMARTS) is 1. The Labute approximate surface area is 203 Å². The average Bonchev–Trinajstić information content (AvgIpc) is 3.52. The van der Waals surface area contributed by atoms with Crippen LogP contribution in [0.25, 0.3) is 0 Å². The van der Waals surface area contributed by atoms with Crippen molar-refractivity contribution in [1.82, 2.24) is 5.32 Å². The fraction of sp³-hybridized carbons (Fsp3) is 0.481. The van der Waals surface area contributed by atoms with Crippen molar-refractivity contribution in [2.24, 2.45) is 5.92 Å². The number of hydrogen-bond acceptors (Lipinski definition) is 3. The highest BCUT2D eigenvalue weighted by molar-refractivity contribution is 6.30. The molecule has 3 fully saturated rings. The molecule has 2 aliphatic heterocycles. The lowest BCUT2D eigenvalue weighted by molar-refractivity contribution is -0.139. The fourth-order valence-corrected chi connectivity index (χ4v) is 7.24. The molecule has 6 rings (SSSR count). The molecular formula is C27H28ClFN2O3. The summed E-state index contributed by atoms with van der Waals surface area (Å²) in [4.78, 5) is 26.7. The Hall–Kier alpha value is -2.44. The van der Waals surface area contributed by atoms with Crippen LogP contribution >= 0.6 is 11.6 Å². The van der Waals surface area contributed by atoms with Gasteiger partial charge >= 0.3 is 5.97 Å². The zero-order valence-corrected chi connectivity index (χ0v) is 19.6. The molecule has 2 aromatic carbocycles. The molecular weight excluding hydrogens is 455 g/mol. The normalized spacial score (nSPS) is 29.4. The predicted molar refractivity (Wildman–Crippen MR) is 128 cm³/mol. The summed E-state index contributed by atoms with van der Waals surface area (Å²) in [5, 5.41) is 16.7. The van der Waals surface area contributed by atoms with Gasteiger partial charge in [0.2, 0.25) is 5.91 Å². The minimum atomic E-state index is -1.24. The number of halogens is 2. The number of rotatable bonds is 4. The molecule has 0 radical (unpaired) electrons. The lowest BCUT2D eigenvalue weighted by Crippen LogP contribution is -2.60. The lowest BCUT2D eigenvalue weighted by atomic mass is 9.55. The molecule has 3 N–H and O–H groups in total. The van der Waals surface area contributed by atoms with Gasteiger partial charge in [0, 0.05) is 17.1 Å². The van der Waals surface area contributed by atoms with Crippen molar-refractivity contribution in [3.63, 3.8) is 0 Å². The van der Waals surface area contributed by atoms with Gasteiger partial charge in [-0.05, 0) is 66.8 Å². The molecule has 2 aromatic rings. The number of fused-ring (bicyclic) bond motifs is 3. The van der Waals surface area contributed by atoms with Gasteiger partial charge in [0.15, 0.2) is 0 Å². The summed E-state index contributed by atoms with van der Waals surface area (Å²) < 4.78 is 15.5. The van der Waals surface area contributed by atoms with E-state index in [1.807, 2.05) is 12.1 Å². The second-order valence-electron chi connectivity index (χ2n) is 10.5. The highest BCUT2D eigenvalue weighted by Crippen LogP contribution is 2.62. The Morgan fingerprint density at radius 3 is 2.62 bits per heavy atom. The summed E-state index contributed by atoms with van der Waals surface area (Å²) in [6.07, 6.45) is 7.56. The first kappa shape index (κ1) is 22.1. The minimum absolute atomic E-state index is 0.0696. The third kappa shape index (κ3) is 3.01. The SMILES string of the molecule is O=C(O)[C@@H]1NC2(CCCCC2)[C@@]2(C(=O)Nc3cc(CC4CC4)ccc32)[C@H]1c1cccc(Cl)c1F. The van der Waals surface area contributed by atoms with Gasteiger partial charge in [0.25, 0.3) is 0 Å². The Bertz CT molecular complexity index is 1190. The Balaban J connectivity index is 1.60. The molecule has 7 heteroatoms. The van der Waals surface area contributed by atoms with Gasteiger partial charge in [-0.25, -0.2) is 4.39 Å². The molecule has 34 heavy (non-hydrogen) atoms. The third-order valence-electron chi connectivity index (χ3n) is 8.61. The lowest BCUT2D eigenvalue weighted by Gasteiger charge is -2.47. The average molecular weight is 483 g/mol. The topological polar surface area (TPSA) is 78.4 Å². The van der Waals surface area contributed by atoms with E-state index in [0.717, 1.165) is 36.9 Å². The number of amides is 1. The monoisotopic (exact) mass is 482 g/mol. The summed E-state index contributed by atoms with van der Waals surface area (Å²) >= 11 is 6.16. The zero-order valence-electron chi connectivity index (χ0n) is 18.9. The Morgan fingerprint density at radius 1 is 1.15 bits per heavy atom. The molecule has 1 saturated heterocycles. The summed E-state index contributed by atoms with van der Waals surface area (Å²) in [6.45, 7) is 0. The van der Waals surface area contributed by atoms with Gasteiger partial charge < -0.3 is 10.4 Å². The Kier molecular flexibility index (Phi) is 5.05. The van der Waals surface area contributed by atoms with Crippen molar-refractivity contribution in [3.05, 3.63) is 63.9 Å². The van der Waals surface area contributed by atoms with Crippen molar-refractivity contribution in [2.45, 2.75) is 74.3 Å². The highest BCUT2D eigenvalue weighted by Gasteiger charge is 2.72. The van der Waals surface area contributed by atoms with Crippen LogP contribution in [-0.4, -0.2) is 28.6 Å². The van der Waals surface area contributed by atoms with Gasteiger partial charge in [-0.15, -0.1) is 0 Å². The smallest absolute Gasteiger partial charge is 0.321 e. The molecule has 0 unspecified atom stereocenters. The highest BCUT2D eigenvalue weighted by atomic mass is 35.5. The number of carbonyl (C=O) groups is 2. The molecule has 2 spiro atoms. The maximum absolute atomic E-state index is 15.5. The van der Waals surface area contributed by atoms with Gasteiger partial charge in [-0.3, -0.25) is 14.9 Å². The van der Waals surface area contributed by atoms with Crippen molar-refractivity contribution in [3.8, 4) is 0 Å². The maximum Gasteiger partial charge on any atom is 0.321 e. The van der Waals surface area contributed by atoms with E-state index in [1.165, 1.54) is 24.5 Å². The number of carbonyl (C=O) groups excluding carboxylic acids is 1. The van der Waals surface area contributed by atoms with Crippen molar-refractivity contribution in [2.75, 3.05) is 5.32 Å². The number of anilines is 1. The zero-order chi connectivity index (χ0) is 23.7. The molecule has 2 heterocycles. The molecule has 2 aliphatic carbocycles. The second-order valence-corrected chi connectivity index (χ2v) is 10.9. The molecule has 3 atom stereocenters. The molecule has 0 bridgehead atoms. The fourth-order valence-electron chi connectivity index (χ4n) is 7.06.